The third-order valence-corrected chi connectivity index (χ3v) is 4.77. The fourth-order valence-corrected chi connectivity index (χ4v) is 3.46. The molecule has 126 valence electrons. The molecule has 8 heteroatoms. The van der Waals surface area contributed by atoms with E-state index in [4.69, 9.17) is 0 Å². The van der Waals surface area contributed by atoms with Crippen LogP contribution in [0.4, 0.5) is 19.0 Å². The quantitative estimate of drug-likeness (QED) is 0.863. The summed E-state index contributed by atoms with van der Waals surface area (Å²) in [5.41, 5.74) is 0.108. The van der Waals surface area contributed by atoms with Gasteiger partial charge in [0.2, 0.25) is 0 Å². The van der Waals surface area contributed by atoms with Gasteiger partial charge >= 0.3 is 6.18 Å². The molecular formula is C15H20F3N5. The van der Waals surface area contributed by atoms with Gasteiger partial charge in [-0.3, -0.25) is 0 Å². The predicted octanol–water partition coefficient (Wildman–Crippen LogP) is 3.41. The first kappa shape index (κ1) is 16.0. The van der Waals surface area contributed by atoms with Crippen LogP contribution in [0.3, 0.4) is 0 Å². The second-order valence-electron chi connectivity index (χ2n) is 6.05. The maximum atomic E-state index is 12.9. The Labute approximate surface area is 132 Å². The van der Waals surface area contributed by atoms with E-state index in [-0.39, 0.29) is 5.65 Å². The Kier molecular flexibility index (Phi) is 4.16. The van der Waals surface area contributed by atoms with Crippen molar-refractivity contribution in [1.82, 2.24) is 19.8 Å². The number of alkyl halides is 3. The number of hydrogen-bond donors (Lipinski definition) is 0. The first-order valence-corrected chi connectivity index (χ1v) is 7.98. The number of rotatable bonds is 4. The highest BCUT2D eigenvalue weighted by Gasteiger charge is 2.38. The molecule has 0 radical (unpaired) electrons. The lowest BCUT2D eigenvalue weighted by molar-refractivity contribution is -0.146. The van der Waals surface area contributed by atoms with Crippen LogP contribution in [0.1, 0.15) is 38.9 Å². The molecule has 23 heavy (non-hydrogen) atoms. The molecule has 0 spiro atoms. The smallest absolute Gasteiger partial charge is 0.355 e. The Morgan fingerprint density at radius 2 is 1.96 bits per heavy atom. The Morgan fingerprint density at radius 3 is 2.61 bits per heavy atom. The maximum absolute atomic E-state index is 12.9. The molecule has 0 aliphatic carbocycles. The van der Waals surface area contributed by atoms with Gasteiger partial charge in [0.15, 0.2) is 5.65 Å². The molecule has 0 amide bonds. The Bertz CT molecular complexity index is 677. The van der Waals surface area contributed by atoms with E-state index in [1.54, 1.807) is 6.07 Å². The summed E-state index contributed by atoms with van der Waals surface area (Å²) in [5, 5.41) is 10.9. The van der Waals surface area contributed by atoms with Gasteiger partial charge < -0.3 is 4.90 Å². The average Bonchev–Trinajstić information content (AvgIpc) is 3.14. The summed E-state index contributed by atoms with van der Waals surface area (Å²) in [6, 6.07) is 3.26. The monoisotopic (exact) mass is 327 g/mol. The van der Waals surface area contributed by atoms with E-state index >= 15 is 0 Å². The lowest BCUT2D eigenvalue weighted by Crippen LogP contribution is -2.24. The molecule has 2 aromatic heterocycles. The summed E-state index contributed by atoms with van der Waals surface area (Å²) in [5.74, 6) is 0.705. The number of aromatic nitrogens is 4. The zero-order valence-corrected chi connectivity index (χ0v) is 13.2. The Morgan fingerprint density at radius 1 is 1.22 bits per heavy atom. The minimum atomic E-state index is -4.56. The zero-order chi connectivity index (χ0) is 16.6. The van der Waals surface area contributed by atoms with Gasteiger partial charge in [0.05, 0.1) is 0 Å². The zero-order valence-electron chi connectivity index (χ0n) is 13.2. The van der Waals surface area contributed by atoms with E-state index in [1.165, 1.54) is 6.07 Å². The summed E-state index contributed by atoms with van der Waals surface area (Å²) in [6.45, 7) is 6.04. The van der Waals surface area contributed by atoms with Crippen molar-refractivity contribution in [2.45, 2.75) is 39.3 Å². The van der Waals surface area contributed by atoms with Gasteiger partial charge in [0.25, 0.3) is 5.82 Å². The average molecular weight is 327 g/mol. The van der Waals surface area contributed by atoms with Crippen LogP contribution < -0.4 is 4.90 Å². The molecule has 1 aliphatic heterocycles. The molecule has 3 rings (SSSR count). The third-order valence-electron chi connectivity index (χ3n) is 4.77. The SMILES string of the molecule is CCC(CC)C1CCN(c2ccc3nnc(C(F)(F)F)n3n2)C1. The van der Waals surface area contributed by atoms with Gasteiger partial charge in [0.1, 0.15) is 5.82 Å². The molecule has 1 atom stereocenters. The predicted molar refractivity (Wildman–Crippen MR) is 80.2 cm³/mol. The fraction of sp³-hybridized carbons (Fsp3) is 0.667. The number of fused-ring (bicyclic) bond motifs is 1. The number of halogens is 3. The normalized spacial score (nSPS) is 19.2. The summed E-state index contributed by atoms with van der Waals surface area (Å²) >= 11 is 0. The van der Waals surface area contributed by atoms with Crippen LogP contribution in [0, 0.1) is 11.8 Å². The van der Waals surface area contributed by atoms with Crippen molar-refractivity contribution in [2.75, 3.05) is 18.0 Å². The molecule has 2 aromatic rings. The third kappa shape index (κ3) is 2.98. The van der Waals surface area contributed by atoms with Crippen LogP contribution in [0.5, 0.6) is 0 Å². The largest absolute Gasteiger partial charge is 0.453 e. The Hall–Kier alpha value is -1.86. The standard InChI is InChI=1S/C15H20F3N5/c1-3-10(4-2)11-7-8-22(9-11)13-6-5-12-19-20-14(15(16,17)18)23(12)21-13/h5-6,10-11H,3-4,7-9H2,1-2H3. The number of hydrogen-bond acceptors (Lipinski definition) is 4. The van der Waals surface area contributed by atoms with Crippen molar-refractivity contribution >= 4 is 11.5 Å². The molecule has 0 bridgehead atoms. The van der Waals surface area contributed by atoms with Crippen LogP contribution in [0.15, 0.2) is 12.1 Å². The second kappa shape index (κ2) is 5.98. The Balaban J connectivity index is 1.87. The van der Waals surface area contributed by atoms with Crippen molar-refractivity contribution in [3.8, 4) is 0 Å². The summed E-state index contributed by atoms with van der Waals surface area (Å²) in [4.78, 5) is 2.06. The van der Waals surface area contributed by atoms with Crippen LogP contribution >= 0.6 is 0 Å². The van der Waals surface area contributed by atoms with Crippen LogP contribution in [-0.4, -0.2) is 32.9 Å². The minimum Gasteiger partial charge on any atom is -0.355 e. The highest BCUT2D eigenvalue weighted by atomic mass is 19.4. The molecule has 0 aromatic carbocycles. The molecule has 1 unspecified atom stereocenters. The van der Waals surface area contributed by atoms with Gasteiger partial charge in [-0.1, -0.05) is 26.7 Å². The molecule has 0 saturated carbocycles. The van der Waals surface area contributed by atoms with Gasteiger partial charge in [0, 0.05) is 13.1 Å². The van der Waals surface area contributed by atoms with Crippen LogP contribution in [0.2, 0.25) is 0 Å². The lowest BCUT2D eigenvalue weighted by Gasteiger charge is -2.22. The van der Waals surface area contributed by atoms with E-state index in [0.717, 1.165) is 36.9 Å². The van der Waals surface area contributed by atoms with E-state index in [2.05, 4.69) is 34.0 Å². The number of nitrogens with zero attached hydrogens (tertiary/aromatic N) is 5. The van der Waals surface area contributed by atoms with Crippen LogP contribution in [-0.2, 0) is 6.18 Å². The van der Waals surface area contributed by atoms with Gasteiger partial charge in [-0.2, -0.15) is 17.7 Å². The summed E-state index contributed by atoms with van der Waals surface area (Å²) in [7, 11) is 0. The second-order valence-corrected chi connectivity index (χ2v) is 6.05. The summed E-state index contributed by atoms with van der Waals surface area (Å²) in [6.07, 6.45) is -1.25. The minimum absolute atomic E-state index is 0.108. The van der Waals surface area contributed by atoms with Gasteiger partial charge in [-0.25, -0.2) is 0 Å². The van der Waals surface area contributed by atoms with Gasteiger partial charge in [-0.15, -0.1) is 15.3 Å². The van der Waals surface area contributed by atoms with E-state index in [1.807, 2.05) is 0 Å². The molecule has 3 heterocycles. The number of anilines is 1. The molecule has 0 N–H and O–H groups in total. The lowest BCUT2D eigenvalue weighted by atomic mass is 9.87. The van der Waals surface area contributed by atoms with Crippen molar-refractivity contribution in [2.24, 2.45) is 11.8 Å². The highest BCUT2D eigenvalue weighted by Crippen LogP contribution is 2.32. The van der Waals surface area contributed by atoms with Crippen LogP contribution in [0.25, 0.3) is 5.65 Å². The summed E-state index contributed by atoms with van der Waals surface area (Å²) < 4.78 is 39.6. The molecule has 1 saturated heterocycles. The van der Waals surface area contributed by atoms with E-state index in [0.29, 0.717) is 17.7 Å². The first-order valence-electron chi connectivity index (χ1n) is 7.98. The van der Waals surface area contributed by atoms with Crippen molar-refractivity contribution in [1.29, 1.82) is 0 Å². The molecule has 1 aliphatic rings. The molecule has 5 nitrogen and oxygen atoms in total. The van der Waals surface area contributed by atoms with Gasteiger partial charge in [-0.05, 0) is 30.4 Å². The molecular weight excluding hydrogens is 307 g/mol. The fourth-order valence-electron chi connectivity index (χ4n) is 3.46. The topological polar surface area (TPSA) is 46.3 Å². The van der Waals surface area contributed by atoms with Crippen molar-refractivity contribution in [3.05, 3.63) is 18.0 Å². The van der Waals surface area contributed by atoms with E-state index < -0.39 is 12.0 Å². The van der Waals surface area contributed by atoms with E-state index in [9.17, 15) is 13.2 Å². The van der Waals surface area contributed by atoms with Crippen molar-refractivity contribution in [3.63, 3.8) is 0 Å². The maximum Gasteiger partial charge on any atom is 0.453 e. The first-order chi connectivity index (χ1) is 10.9. The molecule has 1 fully saturated rings. The highest BCUT2D eigenvalue weighted by molar-refractivity contribution is 5.46. The van der Waals surface area contributed by atoms with Crippen molar-refractivity contribution < 1.29 is 13.2 Å².